The van der Waals surface area contributed by atoms with E-state index in [0.717, 1.165) is 12.1 Å². The first kappa shape index (κ1) is 14.0. The molecule has 0 aliphatic carbocycles. The summed E-state index contributed by atoms with van der Waals surface area (Å²) < 4.78 is 0. The Morgan fingerprint density at radius 3 is 1.85 bits per heavy atom. The smallest absolute Gasteiger partial charge is 0.0991 e. The van der Waals surface area contributed by atoms with Crippen molar-refractivity contribution in [3.8, 4) is 6.07 Å². The highest BCUT2D eigenvalue weighted by Crippen LogP contribution is 2.11. The van der Waals surface area contributed by atoms with Gasteiger partial charge in [-0.15, -0.1) is 0 Å². The Balaban J connectivity index is 2.05. The summed E-state index contributed by atoms with van der Waals surface area (Å²) in [6, 6.07) is 18.2. The zero-order valence-corrected chi connectivity index (χ0v) is 11.9. The second kappa shape index (κ2) is 6.70. The largest absolute Gasteiger partial charge is 0.305 e. The van der Waals surface area contributed by atoms with Gasteiger partial charge in [0.1, 0.15) is 0 Å². The lowest BCUT2D eigenvalue weighted by atomic mass is 10.1. The third kappa shape index (κ3) is 4.08. The van der Waals surface area contributed by atoms with Gasteiger partial charge in [-0.25, -0.2) is 0 Å². The maximum atomic E-state index is 8.75. The number of benzene rings is 2. The van der Waals surface area contributed by atoms with Gasteiger partial charge in [0.2, 0.25) is 0 Å². The van der Waals surface area contributed by atoms with Gasteiger partial charge in [0.15, 0.2) is 0 Å². The Kier molecular flexibility index (Phi) is 4.70. The van der Waals surface area contributed by atoms with Gasteiger partial charge in [-0.3, -0.25) is 0 Å². The molecule has 0 radical (unpaired) electrons. The molecule has 2 heteroatoms. The van der Waals surface area contributed by atoms with Crippen molar-refractivity contribution in [1.29, 1.82) is 5.26 Å². The summed E-state index contributed by atoms with van der Waals surface area (Å²) in [5.41, 5.74) is 4.28. The van der Waals surface area contributed by atoms with Crippen LogP contribution in [0.25, 0.3) is 12.2 Å². The molecule has 2 rings (SSSR count). The molecule has 0 saturated heterocycles. The molecule has 2 aromatic carbocycles. The molecule has 0 N–H and O–H groups in total. The predicted molar refractivity (Wildman–Crippen MR) is 83.9 cm³/mol. The Morgan fingerprint density at radius 1 is 0.900 bits per heavy atom. The average Bonchev–Trinajstić information content (AvgIpc) is 2.46. The van der Waals surface area contributed by atoms with Crippen LogP contribution in [0.1, 0.15) is 22.3 Å². The molecule has 0 heterocycles. The van der Waals surface area contributed by atoms with Gasteiger partial charge < -0.3 is 4.90 Å². The third-order valence-electron chi connectivity index (χ3n) is 2.99. The first-order chi connectivity index (χ1) is 9.67. The summed E-state index contributed by atoms with van der Waals surface area (Å²) >= 11 is 0. The van der Waals surface area contributed by atoms with E-state index >= 15 is 0 Å². The van der Waals surface area contributed by atoms with Gasteiger partial charge in [0.25, 0.3) is 0 Å². The van der Waals surface area contributed by atoms with E-state index in [1.165, 1.54) is 11.1 Å². The van der Waals surface area contributed by atoms with Gasteiger partial charge in [0.05, 0.1) is 11.6 Å². The highest BCUT2D eigenvalue weighted by molar-refractivity contribution is 5.69. The summed E-state index contributed by atoms with van der Waals surface area (Å²) in [4.78, 5) is 2.15. The van der Waals surface area contributed by atoms with Gasteiger partial charge in [-0.2, -0.15) is 5.26 Å². The summed E-state index contributed by atoms with van der Waals surface area (Å²) in [6.07, 6.45) is 4.14. The molecule has 0 atom stereocenters. The minimum Gasteiger partial charge on any atom is -0.305 e. The number of hydrogen-bond acceptors (Lipinski definition) is 2. The molecule has 0 saturated carbocycles. The molecule has 0 unspecified atom stereocenters. The fourth-order valence-corrected chi connectivity index (χ4v) is 1.96. The zero-order chi connectivity index (χ0) is 14.4. The minimum atomic E-state index is 0.690. The normalized spacial score (nSPS) is 10.9. The second-order valence-electron chi connectivity index (χ2n) is 5.05. The molecule has 0 aliphatic rings. The van der Waals surface area contributed by atoms with Crippen LogP contribution in [0.15, 0.2) is 48.5 Å². The monoisotopic (exact) mass is 262 g/mol. The Bertz CT molecular complexity index is 614. The Hall–Kier alpha value is -2.37. The van der Waals surface area contributed by atoms with Crippen molar-refractivity contribution in [3.63, 3.8) is 0 Å². The molecule has 2 nitrogen and oxygen atoms in total. The molecular formula is C18H18N2. The van der Waals surface area contributed by atoms with E-state index in [9.17, 15) is 0 Å². The van der Waals surface area contributed by atoms with Crippen LogP contribution in [0.4, 0.5) is 0 Å². The van der Waals surface area contributed by atoms with Gasteiger partial charge in [-0.05, 0) is 42.9 Å². The minimum absolute atomic E-state index is 0.690. The lowest BCUT2D eigenvalue weighted by Gasteiger charge is -2.09. The average molecular weight is 262 g/mol. The fourth-order valence-electron chi connectivity index (χ4n) is 1.96. The Morgan fingerprint density at radius 2 is 1.40 bits per heavy atom. The molecule has 0 amide bonds. The van der Waals surface area contributed by atoms with Crippen molar-refractivity contribution in [2.24, 2.45) is 0 Å². The van der Waals surface area contributed by atoms with Gasteiger partial charge >= 0.3 is 0 Å². The fraction of sp³-hybridized carbons (Fsp3) is 0.167. The molecule has 0 fully saturated rings. The first-order valence-corrected chi connectivity index (χ1v) is 6.59. The number of nitriles is 1. The summed E-state index contributed by atoms with van der Waals surface area (Å²) in [5.74, 6) is 0. The SMILES string of the molecule is CN(C)Cc1ccc(C=Cc2ccc(C#N)cc2)cc1. The standard InChI is InChI=1S/C18H18N2/c1-20(2)14-18-11-7-16(8-12-18)4-3-15-5-9-17(13-19)10-6-15/h3-12H,14H2,1-2H3. The van der Waals surface area contributed by atoms with Gasteiger partial charge in [0, 0.05) is 6.54 Å². The van der Waals surface area contributed by atoms with Crippen LogP contribution in [0.5, 0.6) is 0 Å². The molecule has 0 aliphatic heterocycles. The number of hydrogen-bond donors (Lipinski definition) is 0. The van der Waals surface area contributed by atoms with Gasteiger partial charge in [-0.1, -0.05) is 48.6 Å². The zero-order valence-electron chi connectivity index (χ0n) is 11.9. The van der Waals surface area contributed by atoms with E-state index in [0.29, 0.717) is 5.56 Å². The third-order valence-corrected chi connectivity index (χ3v) is 2.99. The summed E-state index contributed by atoms with van der Waals surface area (Å²) in [5, 5.41) is 8.75. The molecule has 20 heavy (non-hydrogen) atoms. The number of nitrogens with zero attached hydrogens (tertiary/aromatic N) is 2. The maximum Gasteiger partial charge on any atom is 0.0991 e. The van der Waals surface area contributed by atoms with E-state index < -0.39 is 0 Å². The van der Waals surface area contributed by atoms with Crippen LogP contribution in [0.3, 0.4) is 0 Å². The highest BCUT2D eigenvalue weighted by Gasteiger charge is 1.95. The van der Waals surface area contributed by atoms with Crippen LogP contribution in [-0.4, -0.2) is 19.0 Å². The summed E-state index contributed by atoms with van der Waals surface area (Å²) in [6.45, 7) is 0.958. The second-order valence-corrected chi connectivity index (χ2v) is 5.05. The van der Waals surface area contributed by atoms with E-state index in [1.54, 1.807) is 0 Å². The van der Waals surface area contributed by atoms with E-state index in [-0.39, 0.29) is 0 Å². The van der Waals surface area contributed by atoms with E-state index in [2.05, 4.69) is 61.5 Å². The highest BCUT2D eigenvalue weighted by atomic mass is 15.0. The molecule has 0 spiro atoms. The first-order valence-electron chi connectivity index (χ1n) is 6.59. The predicted octanol–water partition coefficient (Wildman–Crippen LogP) is 3.79. The topological polar surface area (TPSA) is 27.0 Å². The van der Waals surface area contributed by atoms with Crippen molar-refractivity contribution in [2.75, 3.05) is 14.1 Å². The van der Waals surface area contributed by atoms with Crippen LogP contribution in [0, 0.1) is 11.3 Å². The molecule has 0 aromatic heterocycles. The van der Waals surface area contributed by atoms with Crippen molar-refractivity contribution in [2.45, 2.75) is 6.54 Å². The molecular weight excluding hydrogens is 244 g/mol. The maximum absolute atomic E-state index is 8.75. The lowest BCUT2D eigenvalue weighted by Crippen LogP contribution is -2.10. The van der Waals surface area contributed by atoms with Crippen LogP contribution >= 0.6 is 0 Å². The molecule has 2 aromatic rings. The number of rotatable bonds is 4. The van der Waals surface area contributed by atoms with Crippen molar-refractivity contribution in [3.05, 3.63) is 70.8 Å². The Labute approximate surface area is 120 Å². The van der Waals surface area contributed by atoms with Crippen molar-refractivity contribution >= 4 is 12.2 Å². The quantitative estimate of drug-likeness (QED) is 0.784. The van der Waals surface area contributed by atoms with Crippen molar-refractivity contribution in [1.82, 2.24) is 4.90 Å². The van der Waals surface area contributed by atoms with Crippen molar-refractivity contribution < 1.29 is 0 Å². The van der Waals surface area contributed by atoms with Crippen LogP contribution < -0.4 is 0 Å². The van der Waals surface area contributed by atoms with E-state index in [1.807, 2.05) is 24.3 Å². The van der Waals surface area contributed by atoms with Crippen LogP contribution in [-0.2, 0) is 6.54 Å². The van der Waals surface area contributed by atoms with E-state index in [4.69, 9.17) is 5.26 Å². The summed E-state index contributed by atoms with van der Waals surface area (Å²) in [7, 11) is 4.14. The lowest BCUT2D eigenvalue weighted by molar-refractivity contribution is 0.402. The van der Waals surface area contributed by atoms with Crippen LogP contribution in [0.2, 0.25) is 0 Å². The molecule has 0 bridgehead atoms. The molecule has 100 valence electrons.